The summed E-state index contributed by atoms with van der Waals surface area (Å²) in [6.07, 6.45) is -2.80. The van der Waals surface area contributed by atoms with Crippen LogP contribution >= 0.6 is 0 Å². The fourth-order valence-corrected chi connectivity index (χ4v) is 4.52. The van der Waals surface area contributed by atoms with Crippen LogP contribution in [0.3, 0.4) is 0 Å². The van der Waals surface area contributed by atoms with E-state index in [1.54, 1.807) is 0 Å². The molecule has 142 valence electrons. The minimum atomic E-state index is -4.14. The quantitative estimate of drug-likeness (QED) is 0.858. The Balaban J connectivity index is 2.01. The van der Waals surface area contributed by atoms with Crippen LogP contribution in [0.15, 0.2) is 17.0 Å². The maximum atomic E-state index is 14.4. The fourth-order valence-electron chi connectivity index (χ4n) is 3.58. The summed E-state index contributed by atoms with van der Waals surface area (Å²) in [5.74, 6) is -4.41. The lowest BCUT2D eigenvalue weighted by atomic mass is 9.88. The molecule has 0 aliphatic heterocycles. The van der Waals surface area contributed by atoms with E-state index >= 15 is 0 Å². The van der Waals surface area contributed by atoms with Gasteiger partial charge in [0.05, 0.1) is 17.1 Å². The first-order valence-corrected chi connectivity index (χ1v) is 10.1. The minimum Gasteiger partial charge on any atom is -0.490 e. The Morgan fingerprint density at radius 1 is 1.23 bits per heavy atom. The van der Waals surface area contributed by atoms with Crippen molar-refractivity contribution in [3.63, 3.8) is 0 Å². The summed E-state index contributed by atoms with van der Waals surface area (Å²) in [4.78, 5) is -0.527. The smallest absolute Gasteiger partial charge is 0.312 e. The lowest BCUT2D eigenvalue weighted by Gasteiger charge is -2.27. The monoisotopic (exact) mass is 389 g/mol. The molecule has 1 aromatic carbocycles. The average molecular weight is 389 g/mol. The van der Waals surface area contributed by atoms with Crippen molar-refractivity contribution < 1.29 is 31.4 Å². The number of alkyl halides is 3. The summed E-state index contributed by atoms with van der Waals surface area (Å²) in [7, 11) is -3.95. The Bertz CT molecular complexity index is 857. The van der Waals surface area contributed by atoms with Crippen molar-refractivity contribution in [3.8, 4) is 11.8 Å². The Kier molecular flexibility index (Phi) is 4.69. The number of rotatable bonds is 3. The van der Waals surface area contributed by atoms with E-state index in [1.165, 1.54) is 0 Å². The summed E-state index contributed by atoms with van der Waals surface area (Å²) in [6, 6.07) is 4.38. The molecule has 2 aliphatic carbocycles. The third-order valence-electron chi connectivity index (χ3n) is 4.99. The van der Waals surface area contributed by atoms with E-state index in [0.717, 1.165) is 18.4 Å². The van der Waals surface area contributed by atoms with Crippen LogP contribution in [-0.2, 0) is 9.84 Å². The van der Waals surface area contributed by atoms with Crippen LogP contribution < -0.4 is 4.74 Å². The highest BCUT2D eigenvalue weighted by Crippen LogP contribution is 2.57. The first kappa shape index (κ1) is 19.0. The van der Waals surface area contributed by atoms with Crippen molar-refractivity contribution in [3.05, 3.63) is 23.3 Å². The second kappa shape index (κ2) is 6.43. The van der Waals surface area contributed by atoms with Crippen molar-refractivity contribution >= 4 is 9.84 Å². The molecular formula is C17H18F3NO4S. The van der Waals surface area contributed by atoms with Gasteiger partial charge in [-0.15, -0.1) is 0 Å². The summed E-state index contributed by atoms with van der Waals surface area (Å²) in [6.45, 7) is 0. The molecule has 1 fully saturated rings. The van der Waals surface area contributed by atoms with E-state index in [9.17, 15) is 26.7 Å². The maximum Gasteiger partial charge on any atom is 0.312 e. The SMILES string of the molecule is CS(=O)(=O)c1ccc(OC2CCC(C#N)CC2)c2c1[C@H](O)C(F)(F)[C@@H]2F. The number of aliphatic hydroxyl groups excluding tert-OH is 1. The largest absolute Gasteiger partial charge is 0.490 e. The van der Waals surface area contributed by atoms with Gasteiger partial charge in [-0.05, 0) is 37.8 Å². The second-order valence-electron chi connectivity index (χ2n) is 6.82. The van der Waals surface area contributed by atoms with Crippen LogP contribution in [0, 0.1) is 17.2 Å². The van der Waals surface area contributed by atoms with Gasteiger partial charge in [-0.2, -0.15) is 14.0 Å². The van der Waals surface area contributed by atoms with Crippen LogP contribution in [0.1, 0.15) is 49.1 Å². The lowest BCUT2D eigenvalue weighted by molar-refractivity contribution is -0.144. The van der Waals surface area contributed by atoms with Gasteiger partial charge in [-0.25, -0.2) is 12.8 Å². The molecule has 0 heterocycles. The number of sulfone groups is 1. The highest BCUT2D eigenvalue weighted by Gasteiger charge is 2.59. The molecule has 26 heavy (non-hydrogen) atoms. The predicted molar refractivity (Wildman–Crippen MR) is 85.3 cm³/mol. The molecule has 2 atom stereocenters. The molecule has 0 aromatic heterocycles. The number of benzene rings is 1. The third-order valence-corrected chi connectivity index (χ3v) is 6.14. The number of nitriles is 1. The number of hydrogen-bond donors (Lipinski definition) is 1. The molecule has 2 aliphatic rings. The Morgan fingerprint density at radius 3 is 2.38 bits per heavy atom. The standard InChI is InChI=1S/C17H18F3NO4S/c1-26(23,24)12-7-6-11(25-10-4-2-9(8-21)3-5-10)13-14(12)16(22)17(19,20)15(13)18/h6-7,9-10,15-16,22H,2-5H2,1H3/t9?,10?,15-,16+/m1/s1. The predicted octanol–water partition coefficient (Wildman–Crippen LogP) is 3.24. The summed E-state index contributed by atoms with van der Waals surface area (Å²) in [5.41, 5.74) is -1.24. The topological polar surface area (TPSA) is 87.4 Å². The van der Waals surface area contributed by atoms with E-state index in [1.807, 2.05) is 0 Å². The van der Waals surface area contributed by atoms with Gasteiger partial charge in [0.15, 0.2) is 16.0 Å². The number of ether oxygens (including phenoxy) is 1. The second-order valence-corrected chi connectivity index (χ2v) is 8.81. The van der Waals surface area contributed by atoms with Gasteiger partial charge in [0.2, 0.25) is 0 Å². The number of fused-ring (bicyclic) bond motifs is 1. The molecule has 0 saturated heterocycles. The molecule has 1 N–H and O–H groups in total. The van der Waals surface area contributed by atoms with Crippen molar-refractivity contribution in [2.45, 2.75) is 54.9 Å². The molecule has 9 heteroatoms. The highest BCUT2D eigenvalue weighted by molar-refractivity contribution is 7.90. The molecule has 1 aromatic rings. The van der Waals surface area contributed by atoms with E-state index in [2.05, 4.69) is 6.07 Å². The van der Waals surface area contributed by atoms with Crippen molar-refractivity contribution in [2.24, 2.45) is 5.92 Å². The van der Waals surface area contributed by atoms with Crippen LogP contribution in [0.4, 0.5) is 13.2 Å². The zero-order valence-corrected chi connectivity index (χ0v) is 14.8. The number of nitrogens with zero attached hydrogens (tertiary/aromatic N) is 1. The average Bonchev–Trinajstić information content (AvgIpc) is 2.76. The maximum absolute atomic E-state index is 14.4. The zero-order chi connectivity index (χ0) is 19.3. The number of aliphatic hydroxyl groups is 1. The van der Waals surface area contributed by atoms with Crippen LogP contribution in [0.25, 0.3) is 0 Å². The first-order valence-electron chi connectivity index (χ1n) is 8.20. The van der Waals surface area contributed by atoms with Crippen LogP contribution in [-0.4, -0.2) is 31.8 Å². The van der Waals surface area contributed by atoms with Crippen LogP contribution in [0.5, 0.6) is 5.75 Å². The van der Waals surface area contributed by atoms with Gasteiger partial charge in [0.1, 0.15) is 11.9 Å². The van der Waals surface area contributed by atoms with Gasteiger partial charge >= 0.3 is 5.92 Å². The van der Waals surface area contributed by atoms with Crippen molar-refractivity contribution in [1.82, 2.24) is 0 Å². The third kappa shape index (κ3) is 3.05. The molecule has 0 spiro atoms. The van der Waals surface area contributed by atoms with E-state index < -0.39 is 44.1 Å². The fraction of sp³-hybridized carbons (Fsp3) is 0.588. The van der Waals surface area contributed by atoms with E-state index in [0.29, 0.717) is 25.7 Å². The molecule has 0 unspecified atom stereocenters. The first-order chi connectivity index (χ1) is 12.1. The van der Waals surface area contributed by atoms with E-state index in [4.69, 9.17) is 10.00 Å². The highest BCUT2D eigenvalue weighted by atomic mass is 32.2. The number of hydrogen-bond acceptors (Lipinski definition) is 5. The molecule has 1 saturated carbocycles. The van der Waals surface area contributed by atoms with Gasteiger partial charge in [0.25, 0.3) is 0 Å². The summed E-state index contributed by atoms with van der Waals surface area (Å²) < 4.78 is 71.9. The van der Waals surface area contributed by atoms with Crippen molar-refractivity contribution in [2.75, 3.05) is 6.26 Å². The molecule has 0 radical (unpaired) electrons. The summed E-state index contributed by atoms with van der Waals surface area (Å²) >= 11 is 0. The van der Waals surface area contributed by atoms with Gasteiger partial charge < -0.3 is 9.84 Å². The molecular weight excluding hydrogens is 371 g/mol. The van der Waals surface area contributed by atoms with E-state index in [-0.39, 0.29) is 17.8 Å². The Hall–Kier alpha value is -1.79. The van der Waals surface area contributed by atoms with Crippen LogP contribution in [0.2, 0.25) is 0 Å². The normalized spacial score (nSPS) is 30.5. The summed E-state index contributed by atoms with van der Waals surface area (Å²) in [5, 5.41) is 18.8. The molecule has 0 amide bonds. The van der Waals surface area contributed by atoms with Gasteiger partial charge in [-0.1, -0.05) is 0 Å². The molecule has 3 rings (SSSR count). The minimum absolute atomic E-state index is 0.0896. The Labute approximate surface area is 149 Å². The Morgan fingerprint density at radius 2 is 1.85 bits per heavy atom. The lowest BCUT2D eigenvalue weighted by Crippen LogP contribution is -2.25. The van der Waals surface area contributed by atoms with Gasteiger partial charge in [-0.3, -0.25) is 0 Å². The van der Waals surface area contributed by atoms with Gasteiger partial charge in [0, 0.05) is 23.3 Å². The molecule has 5 nitrogen and oxygen atoms in total. The molecule has 0 bridgehead atoms. The number of halogens is 3. The van der Waals surface area contributed by atoms with Crippen molar-refractivity contribution in [1.29, 1.82) is 5.26 Å². The zero-order valence-electron chi connectivity index (χ0n) is 14.0.